The molecular formula is C16H14Cl2N2O3S. The van der Waals surface area contributed by atoms with Crippen LogP contribution in [0, 0.1) is 0 Å². The van der Waals surface area contributed by atoms with Crippen LogP contribution in [-0.2, 0) is 16.0 Å². The highest BCUT2D eigenvalue weighted by Gasteiger charge is 2.33. The summed E-state index contributed by atoms with van der Waals surface area (Å²) in [5.74, 6) is -1.16. The zero-order chi connectivity index (χ0) is 17.3. The number of thiazole rings is 1. The zero-order valence-corrected chi connectivity index (χ0v) is 14.9. The quantitative estimate of drug-likeness (QED) is 0.871. The molecule has 2 aromatic rings. The van der Waals surface area contributed by atoms with E-state index in [1.165, 1.54) is 16.2 Å². The predicted octanol–water partition coefficient (Wildman–Crippen LogP) is 3.74. The average molecular weight is 385 g/mol. The lowest BCUT2D eigenvalue weighted by Gasteiger charge is -2.20. The fourth-order valence-electron chi connectivity index (χ4n) is 2.75. The number of amides is 1. The lowest BCUT2D eigenvalue weighted by Crippen LogP contribution is -2.41. The Morgan fingerprint density at radius 1 is 1.38 bits per heavy atom. The fraction of sp³-hybridized carbons (Fsp3) is 0.312. The maximum absolute atomic E-state index is 12.4. The van der Waals surface area contributed by atoms with Gasteiger partial charge < -0.3 is 10.0 Å². The SMILES string of the molecule is O=C(O)[C@H]1CCCN1C(=O)Cc1csc(-c2ccc(Cl)cc2Cl)n1. The first-order valence-electron chi connectivity index (χ1n) is 7.38. The normalized spacial score (nSPS) is 17.2. The molecular weight excluding hydrogens is 371 g/mol. The van der Waals surface area contributed by atoms with Crippen molar-refractivity contribution in [2.24, 2.45) is 0 Å². The van der Waals surface area contributed by atoms with E-state index >= 15 is 0 Å². The molecule has 1 atom stereocenters. The van der Waals surface area contributed by atoms with Crippen molar-refractivity contribution in [3.63, 3.8) is 0 Å². The third kappa shape index (κ3) is 3.55. The van der Waals surface area contributed by atoms with Gasteiger partial charge in [-0.25, -0.2) is 9.78 Å². The number of carboxylic acid groups (broad SMARTS) is 1. The Labute approximate surface area is 152 Å². The molecule has 1 aliphatic heterocycles. The van der Waals surface area contributed by atoms with Crippen molar-refractivity contribution in [1.82, 2.24) is 9.88 Å². The molecule has 5 nitrogen and oxygen atoms in total. The first-order chi connectivity index (χ1) is 11.5. The Hall–Kier alpha value is -1.63. The number of halogens is 2. The Kier molecular flexibility index (Phi) is 5.08. The van der Waals surface area contributed by atoms with E-state index in [9.17, 15) is 14.7 Å². The molecule has 0 bridgehead atoms. The first-order valence-corrected chi connectivity index (χ1v) is 9.01. The minimum Gasteiger partial charge on any atom is -0.480 e. The summed E-state index contributed by atoms with van der Waals surface area (Å²) in [7, 11) is 0. The van der Waals surface area contributed by atoms with Gasteiger partial charge in [0, 0.05) is 22.5 Å². The van der Waals surface area contributed by atoms with Crippen molar-refractivity contribution >= 4 is 46.4 Å². The van der Waals surface area contributed by atoms with Gasteiger partial charge in [0.05, 0.1) is 17.1 Å². The maximum atomic E-state index is 12.4. The second kappa shape index (κ2) is 7.09. The molecule has 1 aromatic carbocycles. The highest BCUT2D eigenvalue weighted by Crippen LogP contribution is 2.32. The number of hydrogen-bond donors (Lipinski definition) is 1. The van der Waals surface area contributed by atoms with Crippen molar-refractivity contribution in [2.75, 3.05) is 6.54 Å². The Morgan fingerprint density at radius 2 is 2.17 bits per heavy atom. The van der Waals surface area contributed by atoms with Crippen molar-refractivity contribution in [1.29, 1.82) is 0 Å². The Morgan fingerprint density at radius 3 is 2.88 bits per heavy atom. The Bertz CT molecular complexity index is 793. The minimum atomic E-state index is -0.951. The molecule has 126 valence electrons. The average Bonchev–Trinajstić information content (AvgIpc) is 3.16. The maximum Gasteiger partial charge on any atom is 0.326 e. The molecule has 8 heteroatoms. The van der Waals surface area contributed by atoms with Crippen LogP contribution in [0.25, 0.3) is 10.6 Å². The summed E-state index contributed by atoms with van der Waals surface area (Å²) in [6.45, 7) is 0.482. The third-order valence-electron chi connectivity index (χ3n) is 3.90. The molecule has 0 radical (unpaired) electrons. The summed E-state index contributed by atoms with van der Waals surface area (Å²) >= 11 is 13.5. The van der Waals surface area contributed by atoms with Gasteiger partial charge in [-0.15, -0.1) is 11.3 Å². The highest BCUT2D eigenvalue weighted by molar-refractivity contribution is 7.13. The lowest BCUT2D eigenvalue weighted by atomic mass is 10.2. The van der Waals surface area contributed by atoms with Crippen LogP contribution in [0.4, 0.5) is 0 Å². The summed E-state index contributed by atoms with van der Waals surface area (Å²) in [6.07, 6.45) is 1.31. The van der Waals surface area contributed by atoms with Gasteiger partial charge >= 0.3 is 5.97 Å². The highest BCUT2D eigenvalue weighted by atomic mass is 35.5. The summed E-state index contributed by atoms with van der Waals surface area (Å²) in [5.41, 5.74) is 1.37. The summed E-state index contributed by atoms with van der Waals surface area (Å²) in [4.78, 5) is 29.4. The van der Waals surface area contributed by atoms with Gasteiger partial charge in [-0.2, -0.15) is 0 Å². The minimum absolute atomic E-state index is 0.0888. The van der Waals surface area contributed by atoms with Crippen LogP contribution in [-0.4, -0.2) is 39.5 Å². The molecule has 1 aromatic heterocycles. The predicted molar refractivity (Wildman–Crippen MR) is 93.6 cm³/mol. The molecule has 1 amide bonds. The number of carboxylic acids is 1. The third-order valence-corrected chi connectivity index (χ3v) is 5.38. The van der Waals surface area contributed by atoms with E-state index in [-0.39, 0.29) is 12.3 Å². The summed E-state index contributed by atoms with van der Waals surface area (Å²) in [5, 5.41) is 12.7. The molecule has 0 spiro atoms. The van der Waals surface area contributed by atoms with Gasteiger partial charge in [-0.1, -0.05) is 23.2 Å². The molecule has 0 aliphatic carbocycles. The van der Waals surface area contributed by atoms with Gasteiger partial charge in [0.1, 0.15) is 11.0 Å². The van der Waals surface area contributed by atoms with Crippen LogP contribution >= 0.6 is 34.5 Å². The van der Waals surface area contributed by atoms with Crippen LogP contribution in [0.5, 0.6) is 0 Å². The molecule has 1 fully saturated rings. The number of rotatable bonds is 4. The van der Waals surface area contributed by atoms with Crippen molar-refractivity contribution in [3.05, 3.63) is 39.3 Å². The van der Waals surface area contributed by atoms with E-state index in [0.29, 0.717) is 40.1 Å². The summed E-state index contributed by atoms with van der Waals surface area (Å²) < 4.78 is 0. The van der Waals surface area contributed by atoms with Gasteiger partial charge in [0.25, 0.3) is 0 Å². The van der Waals surface area contributed by atoms with E-state index in [1.54, 1.807) is 23.6 Å². The number of nitrogens with zero attached hydrogens (tertiary/aromatic N) is 2. The van der Waals surface area contributed by atoms with Crippen molar-refractivity contribution in [3.8, 4) is 10.6 Å². The van der Waals surface area contributed by atoms with Crippen LogP contribution in [0.15, 0.2) is 23.6 Å². The van der Waals surface area contributed by atoms with E-state index in [1.807, 2.05) is 0 Å². The molecule has 0 unspecified atom stereocenters. The fourth-order valence-corrected chi connectivity index (χ4v) is 4.17. The van der Waals surface area contributed by atoms with Crippen LogP contribution in [0.1, 0.15) is 18.5 Å². The number of likely N-dealkylation sites (tertiary alicyclic amines) is 1. The molecule has 2 heterocycles. The van der Waals surface area contributed by atoms with E-state index in [4.69, 9.17) is 23.2 Å². The monoisotopic (exact) mass is 384 g/mol. The Balaban J connectivity index is 1.74. The topological polar surface area (TPSA) is 70.5 Å². The zero-order valence-electron chi connectivity index (χ0n) is 12.5. The summed E-state index contributed by atoms with van der Waals surface area (Å²) in [6, 6.07) is 4.44. The first kappa shape index (κ1) is 17.2. The van der Waals surface area contributed by atoms with E-state index < -0.39 is 12.0 Å². The molecule has 1 aliphatic rings. The number of aromatic nitrogens is 1. The molecule has 1 N–H and O–H groups in total. The second-order valence-corrected chi connectivity index (χ2v) is 7.23. The lowest BCUT2D eigenvalue weighted by molar-refractivity contribution is -0.148. The molecule has 3 rings (SSSR count). The standard InChI is InChI=1S/C16H14Cl2N2O3S/c17-9-3-4-11(12(18)6-9)15-19-10(8-24-15)7-14(21)20-5-1-2-13(20)16(22)23/h3-4,6,8,13H,1-2,5,7H2,(H,22,23)/t13-/m1/s1. The van der Waals surface area contributed by atoms with Crippen LogP contribution in [0.2, 0.25) is 10.0 Å². The van der Waals surface area contributed by atoms with Gasteiger partial charge in [0.15, 0.2) is 0 Å². The molecule has 24 heavy (non-hydrogen) atoms. The van der Waals surface area contributed by atoms with E-state index in [0.717, 1.165) is 5.56 Å². The molecule has 0 saturated carbocycles. The van der Waals surface area contributed by atoms with Crippen molar-refractivity contribution < 1.29 is 14.7 Å². The smallest absolute Gasteiger partial charge is 0.326 e. The molecule has 1 saturated heterocycles. The van der Waals surface area contributed by atoms with Crippen LogP contribution < -0.4 is 0 Å². The van der Waals surface area contributed by atoms with Gasteiger partial charge in [-0.3, -0.25) is 4.79 Å². The largest absolute Gasteiger partial charge is 0.480 e. The van der Waals surface area contributed by atoms with Crippen molar-refractivity contribution in [2.45, 2.75) is 25.3 Å². The van der Waals surface area contributed by atoms with Gasteiger partial charge in [-0.05, 0) is 31.0 Å². The number of carbonyl (C=O) groups excluding carboxylic acids is 1. The number of hydrogen-bond acceptors (Lipinski definition) is 4. The number of benzene rings is 1. The van der Waals surface area contributed by atoms with Crippen LogP contribution in [0.3, 0.4) is 0 Å². The second-order valence-electron chi connectivity index (χ2n) is 5.53. The number of aliphatic carboxylic acids is 1. The number of carbonyl (C=O) groups is 2. The van der Waals surface area contributed by atoms with E-state index in [2.05, 4.69) is 4.98 Å². The van der Waals surface area contributed by atoms with Gasteiger partial charge in [0.2, 0.25) is 5.91 Å².